The fraction of sp³-hybridized carbons (Fsp3) is 0.500. The molecule has 0 aromatic rings. The van der Waals surface area contributed by atoms with Gasteiger partial charge in [-0.1, -0.05) is 14.7 Å². The third-order valence-electron chi connectivity index (χ3n) is 1.12. The molecule has 0 amide bonds. The Balaban J connectivity index is 2.51. The lowest BCUT2D eigenvalue weighted by Crippen LogP contribution is -1.82. The minimum absolute atomic E-state index is 0.870. The first kappa shape index (κ1) is 5.97. The third-order valence-corrected chi connectivity index (χ3v) is 1.97. The van der Waals surface area contributed by atoms with E-state index >= 15 is 0 Å². The van der Waals surface area contributed by atoms with Gasteiger partial charge in [-0.15, -0.1) is 0 Å². The quantitative estimate of drug-likeness (QED) is 0.478. The highest BCUT2D eigenvalue weighted by molar-refractivity contribution is 7.42. The Labute approximate surface area is 51.7 Å². The summed E-state index contributed by atoms with van der Waals surface area (Å²) < 4.78 is 0. The molecule has 1 nitrogen and oxygen atoms in total. The third kappa shape index (κ3) is 1.41. The average molecular weight is 127 g/mol. The number of allylic oxidation sites excluding steroid dienone is 1. The predicted octanol–water partition coefficient (Wildman–Crippen LogP) is 2.00. The molecule has 2 heteroatoms. The van der Waals surface area contributed by atoms with Gasteiger partial charge in [0, 0.05) is 6.21 Å². The Bertz CT molecular complexity index is 126. The molecule has 0 radical (unpaired) electrons. The van der Waals surface area contributed by atoms with Crippen LogP contribution in [0.5, 0.6) is 0 Å². The Morgan fingerprint density at radius 3 is 2.88 bits per heavy atom. The topological polar surface area (TPSA) is 12.4 Å². The molecule has 1 rings (SSSR count). The van der Waals surface area contributed by atoms with Crippen molar-refractivity contribution in [1.82, 2.24) is 0 Å². The predicted molar refractivity (Wildman–Crippen MR) is 40.0 cm³/mol. The number of hydrogen-bond acceptors (Lipinski definition) is 1. The van der Waals surface area contributed by atoms with Crippen LogP contribution in [0.4, 0.5) is 0 Å². The molecule has 1 unspecified atom stereocenters. The number of aliphatic imine (C=N–C) groups is 1. The van der Waals surface area contributed by atoms with Crippen LogP contribution in [0.25, 0.3) is 0 Å². The summed E-state index contributed by atoms with van der Waals surface area (Å²) in [5.41, 5.74) is 1.27. The first-order valence-corrected chi connectivity index (χ1v) is 4.34. The van der Waals surface area contributed by atoms with Gasteiger partial charge in [-0.2, -0.15) is 0 Å². The summed E-state index contributed by atoms with van der Waals surface area (Å²) in [6.07, 6.45) is 6.55. The first-order valence-electron chi connectivity index (χ1n) is 2.84. The second kappa shape index (κ2) is 2.99. The molecule has 0 fully saturated rings. The molecule has 8 heavy (non-hydrogen) atoms. The van der Waals surface area contributed by atoms with Crippen molar-refractivity contribution in [2.45, 2.75) is 12.8 Å². The van der Waals surface area contributed by atoms with Gasteiger partial charge in [0.2, 0.25) is 0 Å². The second-order valence-electron chi connectivity index (χ2n) is 1.73. The summed E-state index contributed by atoms with van der Waals surface area (Å²) in [6, 6.07) is 0. The van der Waals surface area contributed by atoms with Crippen molar-refractivity contribution in [3.63, 3.8) is 0 Å². The van der Waals surface area contributed by atoms with E-state index in [1.54, 1.807) is 0 Å². The zero-order valence-corrected chi connectivity index (χ0v) is 6.02. The van der Waals surface area contributed by atoms with Crippen LogP contribution in [0.2, 0.25) is 0 Å². The highest BCUT2D eigenvalue weighted by atomic mass is 31.1. The van der Waals surface area contributed by atoms with Gasteiger partial charge >= 0.3 is 0 Å². The van der Waals surface area contributed by atoms with Crippen LogP contribution >= 0.6 is 8.58 Å². The summed E-state index contributed by atoms with van der Waals surface area (Å²) in [4.78, 5) is 4.20. The van der Waals surface area contributed by atoms with E-state index in [9.17, 15) is 0 Å². The minimum Gasteiger partial charge on any atom is -0.262 e. The Kier molecular flexibility index (Phi) is 2.23. The zero-order chi connectivity index (χ0) is 5.82. The zero-order valence-electron chi connectivity index (χ0n) is 5.02. The summed E-state index contributed by atoms with van der Waals surface area (Å²) in [7, 11) is 0.870. The van der Waals surface area contributed by atoms with Crippen molar-refractivity contribution in [2.75, 3.05) is 6.66 Å². The number of nitrogens with zero attached hydrogens (tertiary/aromatic N) is 1. The van der Waals surface area contributed by atoms with E-state index in [1.165, 1.54) is 11.9 Å². The molecule has 0 aromatic carbocycles. The molecule has 0 saturated heterocycles. The van der Waals surface area contributed by atoms with Crippen LogP contribution in [-0.4, -0.2) is 12.9 Å². The standard InChI is InChI=1S/C6H10NP/c1-8-6-4-2-3-5-7-6/h4-5,8H,2-3H2,1H3. The molecule has 1 heterocycles. The minimum atomic E-state index is 0.870. The Hall–Kier alpha value is -0.160. The molecule has 0 bridgehead atoms. The molecule has 0 aromatic heterocycles. The van der Waals surface area contributed by atoms with Crippen LogP contribution in [-0.2, 0) is 0 Å². The Morgan fingerprint density at radius 2 is 2.50 bits per heavy atom. The van der Waals surface area contributed by atoms with Crippen molar-refractivity contribution in [3.8, 4) is 0 Å². The fourth-order valence-corrected chi connectivity index (χ4v) is 1.25. The van der Waals surface area contributed by atoms with E-state index in [-0.39, 0.29) is 0 Å². The van der Waals surface area contributed by atoms with Gasteiger partial charge in [-0.3, -0.25) is 4.99 Å². The lowest BCUT2D eigenvalue weighted by molar-refractivity contribution is 1.08. The normalized spacial score (nSPS) is 19.9. The van der Waals surface area contributed by atoms with Crippen molar-refractivity contribution in [1.29, 1.82) is 0 Å². The summed E-state index contributed by atoms with van der Waals surface area (Å²) in [6.45, 7) is 2.16. The largest absolute Gasteiger partial charge is 0.262 e. The Morgan fingerprint density at radius 1 is 1.62 bits per heavy atom. The molecule has 0 aliphatic carbocycles. The van der Waals surface area contributed by atoms with Gasteiger partial charge in [0.15, 0.2) is 0 Å². The molecule has 0 N–H and O–H groups in total. The first-order chi connectivity index (χ1) is 3.93. The molecule has 1 aliphatic rings. The maximum atomic E-state index is 4.20. The van der Waals surface area contributed by atoms with Gasteiger partial charge in [-0.05, 0) is 19.5 Å². The second-order valence-corrected chi connectivity index (χ2v) is 2.74. The monoisotopic (exact) mass is 127 g/mol. The van der Waals surface area contributed by atoms with Crippen LogP contribution in [0, 0.1) is 0 Å². The van der Waals surface area contributed by atoms with Crippen molar-refractivity contribution in [2.24, 2.45) is 4.99 Å². The van der Waals surface area contributed by atoms with E-state index in [0.717, 1.165) is 15.0 Å². The molecular weight excluding hydrogens is 117 g/mol. The molecule has 44 valence electrons. The van der Waals surface area contributed by atoms with Crippen molar-refractivity contribution in [3.05, 3.63) is 11.5 Å². The fourth-order valence-electron chi connectivity index (χ4n) is 0.677. The lowest BCUT2D eigenvalue weighted by atomic mass is 10.3. The summed E-state index contributed by atoms with van der Waals surface area (Å²) in [5, 5.41) is 0. The number of hydrogen-bond donors (Lipinski definition) is 0. The summed E-state index contributed by atoms with van der Waals surface area (Å²) in [5.74, 6) is 0. The number of rotatable bonds is 1. The van der Waals surface area contributed by atoms with Crippen molar-refractivity contribution < 1.29 is 0 Å². The van der Waals surface area contributed by atoms with Crippen LogP contribution in [0.3, 0.4) is 0 Å². The van der Waals surface area contributed by atoms with Gasteiger partial charge in [0.1, 0.15) is 0 Å². The van der Waals surface area contributed by atoms with E-state index < -0.39 is 0 Å². The smallest absolute Gasteiger partial charge is 0.0553 e. The maximum absolute atomic E-state index is 4.20. The van der Waals surface area contributed by atoms with E-state index in [1.807, 2.05) is 6.21 Å². The van der Waals surface area contributed by atoms with Crippen molar-refractivity contribution >= 4 is 14.8 Å². The molecule has 0 saturated carbocycles. The van der Waals surface area contributed by atoms with E-state index in [2.05, 4.69) is 17.7 Å². The highest BCUT2D eigenvalue weighted by Crippen LogP contribution is 2.22. The average Bonchev–Trinajstić information content (AvgIpc) is 1.90. The molecule has 0 spiro atoms. The van der Waals surface area contributed by atoms with Crippen LogP contribution in [0.1, 0.15) is 12.8 Å². The molecule has 1 atom stereocenters. The molecule has 1 aliphatic heterocycles. The lowest BCUT2D eigenvalue weighted by Gasteiger charge is -2.00. The van der Waals surface area contributed by atoms with E-state index in [0.29, 0.717) is 0 Å². The SMILES string of the molecule is CPC1=CCCC=N1. The highest BCUT2D eigenvalue weighted by Gasteiger charge is 1.92. The van der Waals surface area contributed by atoms with Gasteiger partial charge in [-0.25, -0.2) is 0 Å². The van der Waals surface area contributed by atoms with Gasteiger partial charge in [0.05, 0.1) is 5.44 Å². The van der Waals surface area contributed by atoms with Crippen LogP contribution in [0.15, 0.2) is 16.5 Å². The van der Waals surface area contributed by atoms with Crippen LogP contribution < -0.4 is 0 Å². The molecular formula is C6H10NP. The van der Waals surface area contributed by atoms with Gasteiger partial charge in [0.25, 0.3) is 0 Å². The van der Waals surface area contributed by atoms with Gasteiger partial charge < -0.3 is 0 Å². The summed E-state index contributed by atoms with van der Waals surface area (Å²) >= 11 is 0. The maximum Gasteiger partial charge on any atom is 0.0553 e. The van der Waals surface area contributed by atoms with E-state index in [4.69, 9.17) is 0 Å².